The van der Waals surface area contributed by atoms with E-state index in [9.17, 15) is 18.4 Å². The zero-order chi connectivity index (χ0) is 28.9. The number of pyridine rings is 1. The lowest BCUT2D eigenvalue weighted by Gasteiger charge is -2.60. The zero-order valence-electron chi connectivity index (χ0n) is 22.8. The van der Waals surface area contributed by atoms with Crippen molar-refractivity contribution in [3.63, 3.8) is 0 Å². The lowest BCUT2D eigenvalue weighted by Crippen LogP contribution is -2.74. The number of urea groups is 1. The molecule has 0 atom stereocenters. The van der Waals surface area contributed by atoms with Crippen LogP contribution in [0.4, 0.5) is 24.1 Å². The molecule has 1 spiro atoms. The third-order valence-electron chi connectivity index (χ3n) is 7.03. The van der Waals surface area contributed by atoms with Gasteiger partial charge in [0, 0.05) is 55.2 Å². The molecule has 41 heavy (non-hydrogen) atoms. The van der Waals surface area contributed by atoms with E-state index in [1.165, 1.54) is 0 Å². The molecule has 0 aliphatic carbocycles. The summed E-state index contributed by atoms with van der Waals surface area (Å²) in [6.45, 7) is 7.94. The summed E-state index contributed by atoms with van der Waals surface area (Å²) in [4.78, 5) is 35.8. The van der Waals surface area contributed by atoms with Gasteiger partial charge in [-0.1, -0.05) is 18.2 Å². The lowest BCUT2D eigenvalue weighted by molar-refractivity contribution is -0.0943. The zero-order valence-corrected chi connectivity index (χ0v) is 22.8. The maximum Gasteiger partial charge on any atom is 0.410 e. The Hall–Kier alpha value is -4.55. The molecule has 6 rings (SSSR count). The number of likely N-dealkylation sites (tertiary alicyclic amines) is 2. The van der Waals surface area contributed by atoms with Gasteiger partial charge in [-0.3, -0.25) is 4.90 Å². The normalized spacial score (nSPS) is 16.1. The number of carbonyl (C=O) groups is 2. The van der Waals surface area contributed by atoms with Gasteiger partial charge in [-0.05, 0) is 45.0 Å². The molecule has 0 bridgehead atoms. The largest absolute Gasteiger partial charge is 0.444 e. The van der Waals surface area contributed by atoms with Gasteiger partial charge in [0.2, 0.25) is 5.89 Å². The van der Waals surface area contributed by atoms with E-state index in [0.29, 0.717) is 43.1 Å². The first-order chi connectivity index (χ1) is 19.5. The van der Waals surface area contributed by atoms with Crippen LogP contribution in [-0.4, -0.2) is 73.3 Å². The second-order valence-electron chi connectivity index (χ2n) is 11.6. The first kappa shape index (κ1) is 26.7. The maximum absolute atomic E-state index is 13.7. The molecule has 3 amide bonds. The van der Waals surface area contributed by atoms with E-state index in [1.54, 1.807) is 37.4 Å². The van der Waals surface area contributed by atoms with Crippen LogP contribution in [0, 0.1) is 5.41 Å². The summed E-state index contributed by atoms with van der Waals surface area (Å²) in [5.41, 5.74) is 1.69. The standard InChI is InChI=1S/C28H29F2N7O4/c1-27(2,3)41-26(39)36-16-28(17-36)14-35(15-28)25(38)37(20-7-5-4-6-8-20)13-19-12-34-10-9-18(11-21(34)31-19)23-32-33-24(40-23)22(29)30/h4-12,22H,13-17H2,1-3H3. The molecule has 2 saturated heterocycles. The minimum absolute atomic E-state index is 0.0265. The number of fused-ring (bicyclic) bond motifs is 1. The van der Waals surface area contributed by atoms with Crippen LogP contribution in [0.5, 0.6) is 0 Å². The molecule has 4 aromatic rings. The minimum atomic E-state index is -2.85. The number of hydrogen-bond acceptors (Lipinski definition) is 7. The van der Waals surface area contributed by atoms with Crippen LogP contribution in [-0.2, 0) is 11.3 Å². The van der Waals surface area contributed by atoms with E-state index >= 15 is 0 Å². The van der Waals surface area contributed by atoms with Crippen LogP contribution in [0.15, 0.2) is 59.3 Å². The number of imidazole rings is 1. The van der Waals surface area contributed by atoms with E-state index in [2.05, 4.69) is 15.2 Å². The highest BCUT2D eigenvalue weighted by molar-refractivity contribution is 5.92. The quantitative estimate of drug-likeness (QED) is 0.335. The third-order valence-corrected chi connectivity index (χ3v) is 7.03. The lowest BCUT2D eigenvalue weighted by atomic mass is 9.73. The van der Waals surface area contributed by atoms with Crippen LogP contribution < -0.4 is 4.90 Å². The van der Waals surface area contributed by atoms with Crippen LogP contribution in [0.2, 0.25) is 0 Å². The molecule has 0 radical (unpaired) electrons. The number of anilines is 1. The van der Waals surface area contributed by atoms with Gasteiger partial charge in [-0.2, -0.15) is 8.78 Å². The topological polar surface area (TPSA) is 109 Å². The number of hydrogen-bond donors (Lipinski definition) is 0. The van der Waals surface area contributed by atoms with Gasteiger partial charge in [-0.15, -0.1) is 10.2 Å². The monoisotopic (exact) mass is 565 g/mol. The smallest absolute Gasteiger partial charge is 0.410 e. The van der Waals surface area contributed by atoms with Gasteiger partial charge < -0.3 is 23.4 Å². The molecule has 1 aromatic carbocycles. The van der Waals surface area contributed by atoms with Crippen molar-refractivity contribution in [3.8, 4) is 11.5 Å². The number of carbonyl (C=O) groups excluding carboxylic acids is 2. The number of amides is 3. The molecule has 2 fully saturated rings. The predicted molar refractivity (Wildman–Crippen MR) is 143 cm³/mol. The molecule has 13 heteroatoms. The first-order valence-corrected chi connectivity index (χ1v) is 13.2. The van der Waals surface area contributed by atoms with Gasteiger partial charge in [0.25, 0.3) is 5.89 Å². The Kier molecular flexibility index (Phi) is 6.39. The van der Waals surface area contributed by atoms with Crippen LogP contribution in [0.1, 0.15) is 38.8 Å². The summed E-state index contributed by atoms with van der Waals surface area (Å²) in [5.74, 6) is -0.769. The van der Waals surface area contributed by atoms with Gasteiger partial charge >= 0.3 is 18.5 Å². The van der Waals surface area contributed by atoms with Crippen molar-refractivity contribution in [2.75, 3.05) is 31.1 Å². The molecule has 2 aliphatic heterocycles. The first-order valence-electron chi connectivity index (χ1n) is 13.2. The summed E-state index contributed by atoms with van der Waals surface area (Å²) >= 11 is 0. The van der Waals surface area contributed by atoms with E-state index in [1.807, 2.05) is 57.3 Å². The summed E-state index contributed by atoms with van der Waals surface area (Å²) in [5, 5.41) is 7.08. The Bertz CT molecular complexity index is 1580. The second-order valence-corrected chi connectivity index (χ2v) is 11.6. The fourth-order valence-corrected chi connectivity index (χ4v) is 5.21. The number of alkyl halides is 2. The Labute approximate surface area is 234 Å². The molecule has 0 saturated carbocycles. The fourth-order valence-electron chi connectivity index (χ4n) is 5.21. The number of nitrogens with zero attached hydrogens (tertiary/aromatic N) is 7. The van der Waals surface area contributed by atoms with Crippen molar-refractivity contribution >= 4 is 23.5 Å². The Morgan fingerprint density at radius 1 is 1.07 bits per heavy atom. The molecule has 0 unspecified atom stereocenters. The average Bonchev–Trinajstić information content (AvgIpc) is 3.52. The van der Waals surface area contributed by atoms with Crippen molar-refractivity contribution < 1.29 is 27.5 Å². The van der Waals surface area contributed by atoms with Gasteiger partial charge in [0.15, 0.2) is 0 Å². The fraction of sp³-hybridized carbons (Fsp3) is 0.393. The van der Waals surface area contributed by atoms with E-state index in [0.717, 1.165) is 5.69 Å². The third kappa shape index (κ3) is 5.31. The molecule has 5 heterocycles. The van der Waals surface area contributed by atoms with Crippen LogP contribution >= 0.6 is 0 Å². The predicted octanol–water partition coefficient (Wildman–Crippen LogP) is 5.00. The SMILES string of the molecule is CC(C)(C)OC(=O)N1CC2(C1)CN(C(=O)N(Cc1cn3ccc(-c4nnc(C(F)F)o4)cc3n1)c1ccccc1)C2. The van der Waals surface area contributed by atoms with Gasteiger partial charge in [0.05, 0.1) is 12.2 Å². The highest BCUT2D eigenvalue weighted by Crippen LogP contribution is 2.41. The number of para-hydroxylation sites is 1. The van der Waals surface area contributed by atoms with Crippen LogP contribution in [0.25, 0.3) is 17.1 Å². The van der Waals surface area contributed by atoms with Crippen LogP contribution in [0.3, 0.4) is 0 Å². The van der Waals surface area contributed by atoms with E-state index in [-0.39, 0.29) is 30.0 Å². The number of halogens is 2. The number of ether oxygens (including phenoxy) is 1. The summed E-state index contributed by atoms with van der Waals surface area (Å²) in [7, 11) is 0. The highest BCUT2D eigenvalue weighted by atomic mass is 19.3. The molecular weight excluding hydrogens is 536 g/mol. The van der Waals surface area contributed by atoms with Crippen molar-refractivity contribution in [3.05, 3.63) is 66.4 Å². The molecule has 3 aromatic heterocycles. The van der Waals surface area contributed by atoms with E-state index in [4.69, 9.17) is 9.15 Å². The summed E-state index contributed by atoms with van der Waals surface area (Å²) in [6, 6.07) is 12.5. The second kappa shape index (κ2) is 9.82. The van der Waals surface area contributed by atoms with Crippen molar-refractivity contribution in [1.82, 2.24) is 29.4 Å². The van der Waals surface area contributed by atoms with E-state index < -0.39 is 17.9 Å². The number of benzene rings is 1. The maximum atomic E-state index is 13.7. The van der Waals surface area contributed by atoms with Gasteiger partial charge in [-0.25, -0.2) is 14.6 Å². The summed E-state index contributed by atoms with van der Waals surface area (Å²) < 4.78 is 38.0. The average molecular weight is 566 g/mol. The Balaban J connectivity index is 1.16. The Morgan fingerprint density at radius 3 is 2.44 bits per heavy atom. The minimum Gasteiger partial charge on any atom is -0.444 e. The molecule has 0 N–H and O–H groups in total. The number of aromatic nitrogens is 4. The van der Waals surface area contributed by atoms with Crippen molar-refractivity contribution in [2.45, 2.75) is 39.3 Å². The highest BCUT2D eigenvalue weighted by Gasteiger charge is 2.55. The van der Waals surface area contributed by atoms with Crippen molar-refractivity contribution in [1.29, 1.82) is 0 Å². The molecule has 11 nitrogen and oxygen atoms in total. The molecule has 2 aliphatic rings. The number of rotatable bonds is 5. The summed E-state index contributed by atoms with van der Waals surface area (Å²) in [6.07, 6.45) is 0.341. The molecular formula is C28H29F2N7O4. The molecule has 214 valence electrons. The van der Waals surface area contributed by atoms with Crippen molar-refractivity contribution in [2.24, 2.45) is 5.41 Å². The van der Waals surface area contributed by atoms with Gasteiger partial charge in [0.1, 0.15) is 11.2 Å². The Morgan fingerprint density at radius 2 is 1.78 bits per heavy atom.